The van der Waals surface area contributed by atoms with E-state index in [1.165, 1.54) is 4.31 Å². The molecule has 0 aliphatic rings. The summed E-state index contributed by atoms with van der Waals surface area (Å²) in [4.78, 5) is 0. The van der Waals surface area contributed by atoms with Crippen molar-refractivity contribution < 1.29 is 18.3 Å². The Hall–Kier alpha value is -1.39. The molecule has 1 aromatic carbocycles. The summed E-state index contributed by atoms with van der Waals surface area (Å²) < 4.78 is 30.3. The van der Waals surface area contributed by atoms with Crippen molar-refractivity contribution in [3.8, 4) is 11.8 Å². The van der Waals surface area contributed by atoms with Gasteiger partial charge in [-0.3, -0.25) is 0 Å². The second-order valence-corrected chi connectivity index (χ2v) is 6.77. The van der Waals surface area contributed by atoms with Gasteiger partial charge in [0.15, 0.2) is 0 Å². The normalized spacial score (nSPS) is 11.2. The Morgan fingerprint density at radius 3 is 2.52 bits per heavy atom. The zero-order valence-corrected chi connectivity index (χ0v) is 13.2. The summed E-state index contributed by atoms with van der Waals surface area (Å²) in [6.45, 7) is 0.582. The van der Waals surface area contributed by atoms with E-state index < -0.39 is 10.0 Å². The monoisotopic (exact) mass is 311 g/mol. The molecule has 0 aliphatic heterocycles. The molecular weight excluding hydrogens is 290 g/mol. The van der Waals surface area contributed by atoms with Crippen molar-refractivity contribution in [2.75, 3.05) is 33.1 Å². The average Bonchev–Trinajstić information content (AvgIpc) is 2.46. The molecule has 1 rings (SSSR count). The standard InChI is InChI=1S/C15H21NO4S/c1-16(21(18,19)12-4-11-20-2)13-15-8-6-14(7-9-15)5-3-10-17/h6-9,17H,4,10-13H2,1-2H3. The molecule has 0 heterocycles. The molecule has 0 atom stereocenters. The summed E-state index contributed by atoms with van der Waals surface area (Å²) in [5.41, 5.74) is 1.68. The van der Waals surface area contributed by atoms with Gasteiger partial charge < -0.3 is 9.84 Å². The molecule has 5 nitrogen and oxygen atoms in total. The topological polar surface area (TPSA) is 66.8 Å². The number of hydrogen-bond acceptors (Lipinski definition) is 4. The van der Waals surface area contributed by atoms with Gasteiger partial charge >= 0.3 is 0 Å². The predicted molar refractivity (Wildman–Crippen MR) is 82.2 cm³/mol. The fraction of sp³-hybridized carbons (Fsp3) is 0.467. The van der Waals surface area contributed by atoms with Gasteiger partial charge in [0, 0.05) is 32.9 Å². The predicted octanol–water partition coefficient (Wildman–Crippen LogP) is 0.829. The molecule has 0 aliphatic carbocycles. The second kappa shape index (κ2) is 8.80. The summed E-state index contributed by atoms with van der Waals surface area (Å²) >= 11 is 0. The number of aliphatic hydroxyl groups is 1. The number of sulfonamides is 1. The Morgan fingerprint density at radius 2 is 1.95 bits per heavy atom. The third-order valence-corrected chi connectivity index (χ3v) is 4.78. The molecule has 0 fully saturated rings. The largest absolute Gasteiger partial charge is 0.385 e. The number of rotatable bonds is 7. The maximum Gasteiger partial charge on any atom is 0.214 e. The smallest absolute Gasteiger partial charge is 0.214 e. The van der Waals surface area contributed by atoms with E-state index in [2.05, 4.69) is 11.8 Å². The molecule has 21 heavy (non-hydrogen) atoms. The Balaban J connectivity index is 2.63. The summed E-state index contributed by atoms with van der Waals surface area (Å²) in [7, 11) is -0.139. The van der Waals surface area contributed by atoms with E-state index in [0.717, 1.165) is 11.1 Å². The zero-order chi connectivity index (χ0) is 15.7. The van der Waals surface area contributed by atoms with Crippen LogP contribution in [0.2, 0.25) is 0 Å². The van der Waals surface area contributed by atoms with Gasteiger partial charge in [-0.05, 0) is 24.1 Å². The lowest BCUT2D eigenvalue weighted by Gasteiger charge is -2.17. The highest BCUT2D eigenvalue weighted by atomic mass is 32.2. The Morgan fingerprint density at radius 1 is 1.29 bits per heavy atom. The van der Waals surface area contributed by atoms with Crippen molar-refractivity contribution in [2.24, 2.45) is 0 Å². The lowest BCUT2D eigenvalue weighted by molar-refractivity contribution is 0.199. The van der Waals surface area contributed by atoms with Gasteiger partial charge in [-0.2, -0.15) is 0 Å². The maximum absolute atomic E-state index is 12.0. The highest BCUT2D eigenvalue weighted by Crippen LogP contribution is 2.10. The van der Waals surface area contributed by atoms with E-state index in [1.807, 2.05) is 24.3 Å². The average molecular weight is 311 g/mol. The Bertz CT molecular complexity index is 584. The van der Waals surface area contributed by atoms with Crippen molar-refractivity contribution in [1.82, 2.24) is 4.31 Å². The van der Waals surface area contributed by atoms with Crippen molar-refractivity contribution in [3.63, 3.8) is 0 Å². The number of nitrogens with zero attached hydrogens (tertiary/aromatic N) is 1. The van der Waals surface area contributed by atoms with E-state index in [-0.39, 0.29) is 12.4 Å². The molecule has 1 aromatic rings. The third-order valence-electron chi connectivity index (χ3n) is 2.90. The van der Waals surface area contributed by atoms with Crippen LogP contribution in [0.5, 0.6) is 0 Å². The van der Waals surface area contributed by atoms with Crippen LogP contribution in [0.4, 0.5) is 0 Å². The molecule has 1 N–H and O–H groups in total. The van der Waals surface area contributed by atoms with E-state index in [0.29, 0.717) is 19.6 Å². The molecule has 0 saturated heterocycles. The molecule has 116 valence electrons. The minimum Gasteiger partial charge on any atom is -0.385 e. The molecular formula is C15H21NO4S. The molecule has 0 unspecified atom stereocenters. The van der Waals surface area contributed by atoms with Crippen molar-refractivity contribution in [3.05, 3.63) is 35.4 Å². The van der Waals surface area contributed by atoms with E-state index in [4.69, 9.17) is 9.84 Å². The summed E-state index contributed by atoms with van der Waals surface area (Å²) in [5, 5.41) is 8.62. The molecule has 0 radical (unpaired) electrons. The number of hydrogen-bond donors (Lipinski definition) is 1. The van der Waals surface area contributed by atoms with Crippen LogP contribution in [0.25, 0.3) is 0 Å². The highest BCUT2D eigenvalue weighted by molar-refractivity contribution is 7.89. The van der Waals surface area contributed by atoms with Crippen molar-refractivity contribution in [1.29, 1.82) is 0 Å². The van der Waals surface area contributed by atoms with Gasteiger partial charge in [0.2, 0.25) is 10.0 Å². The first kappa shape index (κ1) is 17.7. The van der Waals surface area contributed by atoms with Crippen LogP contribution >= 0.6 is 0 Å². The number of benzene rings is 1. The number of ether oxygens (including phenoxy) is 1. The quantitative estimate of drug-likeness (QED) is 0.598. The van der Waals surface area contributed by atoms with Gasteiger partial charge in [-0.1, -0.05) is 24.0 Å². The highest BCUT2D eigenvalue weighted by Gasteiger charge is 2.17. The number of methoxy groups -OCH3 is 1. The zero-order valence-electron chi connectivity index (χ0n) is 12.4. The van der Waals surface area contributed by atoms with Crippen LogP contribution in [0.3, 0.4) is 0 Å². The van der Waals surface area contributed by atoms with Crippen molar-refractivity contribution in [2.45, 2.75) is 13.0 Å². The molecule has 0 bridgehead atoms. The fourth-order valence-electron chi connectivity index (χ4n) is 1.73. The third kappa shape index (κ3) is 6.27. The molecule has 0 aromatic heterocycles. The summed E-state index contributed by atoms with van der Waals surface area (Å²) in [6.07, 6.45) is 0.485. The van der Waals surface area contributed by atoms with E-state index in [9.17, 15) is 8.42 Å². The molecule has 6 heteroatoms. The first-order valence-corrected chi connectivity index (χ1v) is 8.22. The van der Waals surface area contributed by atoms with Crippen LogP contribution in [0.15, 0.2) is 24.3 Å². The van der Waals surface area contributed by atoms with Gasteiger partial charge in [0.1, 0.15) is 6.61 Å². The minimum atomic E-state index is -3.26. The van der Waals surface area contributed by atoms with Crippen LogP contribution in [0, 0.1) is 11.8 Å². The fourth-order valence-corrected chi connectivity index (χ4v) is 2.87. The van der Waals surface area contributed by atoms with Crippen LogP contribution in [-0.4, -0.2) is 51.0 Å². The first-order chi connectivity index (χ1) is 9.99. The lowest BCUT2D eigenvalue weighted by Crippen LogP contribution is -2.29. The Labute approximate surface area is 126 Å². The van der Waals surface area contributed by atoms with Gasteiger partial charge in [0.25, 0.3) is 0 Å². The maximum atomic E-state index is 12.0. The van der Waals surface area contributed by atoms with Gasteiger partial charge in [-0.25, -0.2) is 12.7 Å². The summed E-state index contributed by atoms with van der Waals surface area (Å²) in [5.74, 6) is 5.44. The van der Waals surface area contributed by atoms with Gasteiger partial charge in [0.05, 0.1) is 5.75 Å². The first-order valence-electron chi connectivity index (χ1n) is 6.61. The minimum absolute atomic E-state index is 0.0808. The summed E-state index contributed by atoms with van der Waals surface area (Å²) in [6, 6.07) is 7.29. The van der Waals surface area contributed by atoms with E-state index >= 15 is 0 Å². The number of aliphatic hydroxyl groups excluding tert-OH is 1. The van der Waals surface area contributed by atoms with Crippen LogP contribution in [-0.2, 0) is 21.3 Å². The van der Waals surface area contributed by atoms with Gasteiger partial charge in [-0.15, -0.1) is 0 Å². The van der Waals surface area contributed by atoms with Crippen LogP contribution < -0.4 is 0 Å². The van der Waals surface area contributed by atoms with Crippen molar-refractivity contribution >= 4 is 10.0 Å². The Kier molecular flexibility index (Phi) is 7.40. The SMILES string of the molecule is COCCCS(=O)(=O)N(C)Cc1ccc(C#CCO)cc1. The lowest BCUT2D eigenvalue weighted by atomic mass is 10.1. The van der Waals surface area contributed by atoms with E-state index in [1.54, 1.807) is 14.2 Å². The molecule has 0 saturated carbocycles. The van der Waals surface area contributed by atoms with Crippen LogP contribution in [0.1, 0.15) is 17.5 Å². The molecule has 0 amide bonds. The second-order valence-electron chi connectivity index (χ2n) is 4.58. The molecule has 0 spiro atoms.